The van der Waals surface area contributed by atoms with Crippen LogP contribution in [0.25, 0.3) is 0 Å². The summed E-state index contributed by atoms with van der Waals surface area (Å²) >= 11 is 0. The number of aryl methyl sites for hydroxylation is 1. The van der Waals surface area contributed by atoms with E-state index < -0.39 is 12.1 Å². The zero-order valence-corrected chi connectivity index (χ0v) is 13.5. The summed E-state index contributed by atoms with van der Waals surface area (Å²) in [6.07, 6.45) is -3.32. The number of amides is 2. The van der Waals surface area contributed by atoms with Crippen molar-refractivity contribution in [1.82, 2.24) is 10.2 Å². The summed E-state index contributed by atoms with van der Waals surface area (Å²) in [5.41, 5.74) is 2.08. The first-order valence-electron chi connectivity index (χ1n) is 7.94. The van der Waals surface area contributed by atoms with Crippen LogP contribution >= 0.6 is 0 Å². The Bertz CT molecular complexity index is 576. The van der Waals surface area contributed by atoms with Crippen LogP contribution in [0.3, 0.4) is 0 Å². The number of hydrogen-bond acceptors (Lipinski definition) is 2. The van der Waals surface area contributed by atoms with E-state index in [1.807, 2.05) is 36.5 Å². The van der Waals surface area contributed by atoms with Crippen molar-refractivity contribution in [2.45, 2.75) is 32.4 Å². The lowest BCUT2D eigenvalue weighted by Crippen LogP contribution is -2.44. The number of carbonyl (C=O) groups excluding carboxylic acids is 2. The lowest BCUT2D eigenvalue weighted by molar-refractivity contribution is -0.173. The second kappa shape index (κ2) is 7.68. The normalized spacial score (nSPS) is 16.1. The van der Waals surface area contributed by atoms with Gasteiger partial charge in [0.25, 0.3) is 0 Å². The molecule has 7 heteroatoms. The minimum Gasteiger partial charge on any atom is -0.348 e. The van der Waals surface area contributed by atoms with Gasteiger partial charge in [-0.15, -0.1) is 0 Å². The molecule has 0 aromatic heterocycles. The van der Waals surface area contributed by atoms with Gasteiger partial charge in [0.15, 0.2) is 0 Å². The third-order valence-electron chi connectivity index (χ3n) is 4.25. The van der Waals surface area contributed by atoms with Gasteiger partial charge in [-0.3, -0.25) is 9.59 Å². The minimum absolute atomic E-state index is 0.00165. The van der Waals surface area contributed by atoms with Gasteiger partial charge in [-0.1, -0.05) is 29.8 Å². The summed E-state index contributed by atoms with van der Waals surface area (Å²) in [5.74, 6) is -1.91. The van der Waals surface area contributed by atoms with Gasteiger partial charge in [-0.25, -0.2) is 0 Å². The molecule has 0 atom stereocenters. The highest BCUT2D eigenvalue weighted by molar-refractivity contribution is 5.81. The molecule has 0 aliphatic carbocycles. The molecule has 24 heavy (non-hydrogen) atoms. The number of likely N-dealkylation sites (tertiary alicyclic amines) is 1. The summed E-state index contributed by atoms with van der Waals surface area (Å²) in [5, 5.41) is 1.91. The number of carbonyl (C=O) groups is 2. The second-order valence-electron chi connectivity index (χ2n) is 6.19. The Morgan fingerprint density at radius 1 is 1.17 bits per heavy atom. The van der Waals surface area contributed by atoms with E-state index in [9.17, 15) is 22.8 Å². The van der Waals surface area contributed by atoms with Crippen molar-refractivity contribution in [2.24, 2.45) is 5.92 Å². The Hall–Kier alpha value is -2.05. The third-order valence-corrected chi connectivity index (χ3v) is 4.25. The van der Waals surface area contributed by atoms with Gasteiger partial charge in [0.1, 0.15) is 0 Å². The van der Waals surface area contributed by atoms with Crippen LogP contribution < -0.4 is 5.32 Å². The minimum atomic E-state index is -4.84. The van der Waals surface area contributed by atoms with Crippen LogP contribution in [0.4, 0.5) is 13.2 Å². The molecular weight excluding hydrogens is 321 g/mol. The number of hydrogen-bond donors (Lipinski definition) is 1. The number of nitrogens with zero attached hydrogens (tertiary/aromatic N) is 1. The standard InChI is InChI=1S/C17H21F3N2O2/c1-12-2-4-13(5-3-12)10-15(23)22-8-6-14(7-9-22)11-21-16(24)17(18,19)20/h2-5,14H,6-11H2,1H3,(H,21,24). The molecule has 4 nitrogen and oxygen atoms in total. The van der Waals surface area contributed by atoms with Crippen molar-refractivity contribution in [3.63, 3.8) is 0 Å². The molecule has 2 rings (SSSR count). The maximum Gasteiger partial charge on any atom is 0.471 e. The summed E-state index contributed by atoms with van der Waals surface area (Å²) < 4.78 is 36.4. The van der Waals surface area contributed by atoms with Crippen molar-refractivity contribution < 1.29 is 22.8 Å². The van der Waals surface area contributed by atoms with Gasteiger partial charge >= 0.3 is 12.1 Å². The fourth-order valence-electron chi connectivity index (χ4n) is 2.72. The Kier molecular flexibility index (Phi) is 5.85. The predicted molar refractivity (Wildman–Crippen MR) is 83.3 cm³/mol. The molecule has 1 aromatic rings. The van der Waals surface area contributed by atoms with Gasteiger partial charge in [-0.05, 0) is 31.2 Å². The van der Waals surface area contributed by atoms with E-state index >= 15 is 0 Å². The van der Waals surface area contributed by atoms with Crippen molar-refractivity contribution in [1.29, 1.82) is 0 Å². The Morgan fingerprint density at radius 3 is 2.29 bits per heavy atom. The van der Waals surface area contributed by atoms with E-state index in [2.05, 4.69) is 0 Å². The fourth-order valence-corrected chi connectivity index (χ4v) is 2.72. The molecule has 1 aromatic carbocycles. The molecule has 0 spiro atoms. The zero-order valence-electron chi connectivity index (χ0n) is 13.5. The summed E-state index contributed by atoms with van der Waals surface area (Å²) in [6, 6.07) is 7.76. The second-order valence-corrected chi connectivity index (χ2v) is 6.19. The SMILES string of the molecule is Cc1ccc(CC(=O)N2CCC(CNC(=O)C(F)(F)F)CC2)cc1. The average Bonchev–Trinajstić information content (AvgIpc) is 2.54. The first kappa shape index (κ1) is 18.3. The molecule has 0 radical (unpaired) electrons. The third kappa shape index (κ3) is 5.25. The molecule has 2 amide bonds. The molecule has 0 saturated carbocycles. The number of nitrogens with one attached hydrogen (secondary N) is 1. The summed E-state index contributed by atoms with van der Waals surface area (Å²) in [4.78, 5) is 24.8. The Morgan fingerprint density at radius 2 is 1.75 bits per heavy atom. The van der Waals surface area contributed by atoms with Crippen LogP contribution in [0, 0.1) is 12.8 Å². The predicted octanol–water partition coefficient (Wildman–Crippen LogP) is 2.45. The lowest BCUT2D eigenvalue weighted by Gasteiger charge is -2.32. The van der Waals surface area contributed by atoms with Crippen molar-refractivity contribution in [2.75, 3.05) is 19.6 Å². The number of piperidine rings is 1. The van der Waals surface area contributed by atoms with E-state index in [0.717, 1.165) is 11.1 Å². The van der Waals surface area contributed by atoms with Gasteiger partial charge in [0.05, 0.1) is 6.42 Å². The molecular formula is C17H21F3N2O2. The zero-order chi connectivity index (χ0) is 17.7. The van der Waals surface area contributed by atoms with Crippen LogP contribution in [0.2, 0.25) is 0 Å². The number of halogens is 3. The molecule has 132 valence electrons. The van der Waals surface area contributed by atoms with Gasteiger partial charge in [0, 0.05) is 19.6 Å². The van der Waals surface area contributed by atoms with E-state index in [1.165, 1.54) is 0 Å². The van der Waals surface area contributed by atoms with E-state index in [0.29, 0.717) is 32.4 Å². The van der Waals surface area contributed by atoms with E-state index in [1.54, 1.807) is 4.90 Å². The van der Waals surface area contributed by atoms with Crippen LogP contribution in [0.15, 0.2) is 24.3 Å². The Balaban J connectivity index is 1.75. The highest BCUT2D eigenvalue weighted by Gasteiger charge is 2.38. The molecule has 1 N–H and O–H groups in total. The van der Waals surface area contributed by atoms with Crippen molar-refractivity contribution in [3.8, 4) is 0 Å². The van der Waals surface area contributed by atoms with E-state index in [4.69, 9.17) is 0 Å². The monoisotopic (exact) mass is 342 g/mol. The topological polar surface area (TPSA) is 49.4 Å². The number of rotatable bonds is 4. The van der Waals surface area contributed by atoms with Crippen LogP contribution in [-0.2, 0) is 16.0 Å². The van der Waals surface area contributed by atoms with Crippen LogP contribution in [0.1, 0.15) is 24.0 Å². The molecule has 0 unspecified atom stereocenters. The highest BCUT2D eigenvalue weighted by atomic mass is 19.4. The lowest BCUT2D eigenvalue weighted by atomic mass is 9.96. The van der Waals surface area contributed by atoms with Crippen molar-refractivity contribution >= 4 is 11.8 Å². The first-order valence-corrected chi connectivity index (χ1v) is 7.94. The first-order chi connectivity index (χ1) is 11.3. The summed E-state index contributed by atoms with van der Waals surface area (Å²) in [7, 11) is 0. The molecule has 0 bridgehead atoms. The molecule has 1 fully saturated rings. The smallest absolute Gasteiger partial charge is 0.348 e. The van der Waals surface area contributed by atoms with Crippen molar-refractivity contribution in [3.05, 3.63) is 35.4 Å². The summed E-state index contributed by atoms with van der Waals surface area (Å²) in [6.45, 7) is 3.00. The van der Waals surface area contributed by atoms with Crippen LogP contribution in [0.5, 0.6) is 0 Å². The Labute approximate surface area is 139 Å². The molecule has 1 heterocycles. The maximum atomic E-state index is 12.3. The van der Waals surface area contributed by atoms with Crippen LogP contribution in [-0.4, -0.2) is 42.5 Å². The fraction of sp³-hybridized carbons (Fsp3) is 0.529. The quantitative estimate of drug-likeness (QED) is 0.914. The molecule has 1 aliphatic rings. The highest BCUT2D eigenvalue weighted by Crippen LogP contribution is 2.19. The number of alkyl halides is 3. The molecule has 1 aliphatic heterocycles. The van der Waals surface area contributed by atoms with E-state index in [-0.39, 0.29) is 18.4 Å². The van der Waals surface area contributed by atoms with Gasteiger partial charge in [0.2, 0.25) is 5.91 Å². The number of benzene rings is 1. The average molecular weight is 342 g/mol. The largest absolute Gasteiger partial charge is 0.471 e. The van der Waals surface area contributed by atoms with Gasteiger partial charge < -0.3 is 10.2 Å². The van der Waals surface area contributed by atoms with Gasteiger partial charge in [-0.2, -0.15) is 13.2 Å². The molecule has 1 saturated heterocycles. The maximum absolute atomic E-state index is 12.3.